The number of esters is 1. The minimum atomic E-state index is -4.76. The summed E-state index contributed by atoms with van der Waals surface area (Å²) in [5.41, 5.74) is 0. The molecule has 3 atom stereocenters. The number of nitrogens with one attached hydrogen (secondary N) is 1. The summed E-state index contributed by atoms with van der Waals surface area (Å²) < 4.78 is 26.9. The average molecular weight is 874 g/mol. The number of amides is 1. The summed E-state index contributed by atoms with van der Waals surface area (Å²) in [6, 6.07) is -1.54. The first-order chi connectivity index (χ1) is 29.1. The SMILES string of the molecule is CCCCCCCCC/C=C\CCCCCCCCCC(=O)OCC(O)COP(=O)(O)OCC(NC(=O)CCCCCCCCCCCCCCCCCCCC)C(=O)O. The van der Waals surface area contributed by atoms with Crippen molar-refractivity contribution in [1.82, 2.24) is 5.32 Å². The van der Waals surface area contributed by atoms with Crippen LogP contribution in [0.15, 0.2) is 12.2 Å². The van der Waals surface area contributed by atoms with Gasteiger partial charge in [0, 0.05) is 12.8 Å². The van der Waals surface area contributed by atoms with E-state index in [0.29, 0.717) is 12.8 Å². The highest BCUT2D eigenvalue weighted by molar-refractivity contribution is 7.47. The van der Waals surface area contributed by atoms with Gasteiger partial charge in [-0.2, -0.15) is 0 Å². The van der Waals surface area contributed by atoms with Gasteiger partial charge in [0.2, 0.25) is 5.91 Å². The van der Waals surface area contributed by atoms with Crippen molar-refractivity contribution in [3.63, 3.8) is 0 Å². The number of carboxylic acids is 1. The van der Waals surface area contributed by atoms with Gasteiger partial charge in [-0.05, 0) is 38.5 Å². The van der Waals surface area contributed by atoms with Crippen LogP contribution in [0.2, 0.25) is 0 Å². The second-order valence-electron chi connectivity index (χ2n) is 17.0. The number of hydrogen-bond donors (Lipinski definition) is 4. The zero-order valence-electron chi connectivity index (χ0n) is 38.5. The van der Waals surface area contributed by atoms with Crippen molar-refractivity contribution in [3.8, 4) is 0 Å². The Morgan fingerprint density at radius 2 is 0.867 bits per heavy atom. The van der Waals surface area contributed by atoms with Crippen molar-refractivity contribution in [2.75, 3.05) is 19.8 Å². The van der Waals surface area contributed by atoms with E-state index in [1.54, 1.807) is 0 Å². The van der Waals surface area contributed by atoms with Crippen molar-refractivity contribution in [3.05, 3.63) is 12.2 Å². The van der Waals surface area contributed by atoms with Crippen molar-refractivity contribution < 1.29 is 47.8 Å². The molecule has 0 saturated heterocycles. The van der Waals surface area contributed by atoms with Gasteiger partial charge in [-0.1, -0.05) is 206 Å². The molecule has 0 heterocycles. The number of unbranched alkanes of at least 4 members (excludes halogenated alkanes) is 31. The number of hydrogen-bond acceptors (Lipinski definition) is 8. The second-order valence-corrected chi connectivity index (χ2v) is 18.5. The van der Waals surface area contributed by atoms with Crippen LogP contribution in [0.3, 0.4) is 0 Å². The molecule has 0 aliphatic carbocycles. The zero-order chi connectivity index (χ0) is 44.2. The molecular weight excluding hydrogens is 781 g/mol. The standard InChI is InChI=1S/C48H92NO10P/c1-3-5-7-9-11-13-15-17-19-21-23-25-27-29-31-33-35-37-39-46(51)49-45(48(53)54)43-59-60(55,56)58-42-44(50)41-57-47(52)40-38-36-34-32-30-28-26-24-22-20-18-16-14-12-10-8-6-4-2/h20,22,44-45,50H,3-19,21,23-43H2,1-2H3,(H,49,51)(H,53,54)(H,55,56)/b22-20-. The van der Waals surface area contributed by atoms with Crippen LogP contribution in [0.4, 0.5) is 0 Å². The first-order valence-electron chi connectivity index (χ1n) is 24.7. The van der Waals surface area contributed by atoms with Gasteiger partial charge in [0.1, 0.15) is 12.7 Å². The van der Waals surface area contributed by atoms with Gasteiger partial charge in [-0.15, -0.1) is 0 Å². The number of carbonyl (C=O) groups is 3. The lowest BCUT2D eigenvalue weighted by atomic mass is 10.0. The van der Waals surface area contributed by atoms with Crippen LogP contribution in [0, 0.1) is 0 Å². The maximum atomic E-state index is 12.3. The number of aliphatic hydroxyl groups excluding tert-OH is 1. The van der Waals surface area contributed by atoms with Gasteiger partial charge in [0.25, 0.3) is 0 Å². The van der Waals surface area contributed by atoms with Crippen LogP contribution < -0.4 is 5.32 Å². The number of phosphoric ester groups is 1. The van der Waals surface area contributed by atoms with E-state index in [4.69, 9.17) is 13.8 Å². The number of carboxylic acid groups (broad SMARTS) is 1. The molecule has 354 valence electrons. The molecule has 0 aromatic heterocycles. The molecule has 0 rings (SSSR count). The van der Waals surface area contributed by atoms with Gasteiger partial charge >= 0.3 is 19.8 Å². The lowest BCUT2D eigenvalue weighted by Crippen LogP contribution is -2.43. The Labute approximate surface area is 367 Å². The molecule has 1 amide bonds. The fraction of sp³-hybridized carbons (Fsp3) is 0.896. The molecule has 60 heavy (non-hydrogen) atoms. The first-order valence-corrected chi connectivity index (χ1v) is 26.2. The molecule has 12 heteroatoms. The summed E-state index contributed by atoms with van der Waals surface area (Å²) in [5, 5.41) is 21.9. The predicted octanol–water partition coefficient (Wildman–Crippen LogP) is 13.2. The quantitative estimate of drug-likeness (QED) is 0.0200. The van der Waals surface area contributed by atoms with Gasteiger partial charge < -0.3 is 25.2 Å². The third kappa shape index (κ3) is 42.9. The molecule has 0 radical (unpaired) electrons. The molecule has 0 aliphatic heterocycles. The van der Waals surface area contributed by atoms with Crippen LogP contribution >= 0.6 is 7.82 Å². The fourth-order valence-electron chi connectivity index (χ4n) is 7.19. The average Bonchev–Trinajstić information content (AvgIpc) is 3.22. The summed E-state index contributed by atoms with van der Waals surface area (Å²) in [6.45, 7) is 2.63. The van der Waals surface area contributed by atoms with E-state index in [1.807, 2.05) is 0 Å². The zero-order valence-corrected chi connectivity index (χ0v) is 39.4. The molecule has 0 spiro atoms. The summed E-state index contributed by atoms with van der Waals surface area (Å²) in [4.78, 5) is 46.0. The Morgan fingerprint density at radius 3 is 1.27 bits per heavy atom. The maximum absolute atomic E-state index is 12.3. The van der Waals surface area contributed by atoms with Gasteiger partial charge in [-0.3, -0.25) is 18.6 Å². The van der Waals surface area contributed by atoms with E-state index >= 15 is 0 Å². The van der Waals surface area contributed by atoms with Crippen molar-refractivity contribution in [2.45, 2.75) is 257 Å². The van der Waals surface area contributed by atoms with E-state index in [9.17, 15) is 34.1 Å². The lowest BCUT2D eigenvalue weighted by molar-refractivity contribution is -0.147. The molecule has 0 aliphatic rings. The highest BCUT2D eigenvalue weighted by Gasteiger charge is 2.28. The van der Waals surface area contributed by atoms with Crippen LogP contribution in [0.1, 0.15) is 245 Å². The monoisotopic (exact) mass is 874 g/mol. The molecule has 3 unspecified atom stereocenters. The molecule has 0 fully saturated rings. The lowest BCUT2D eigenvalue weighted by Gasteiger charge is -2.18. The summed E-state index contributed by atoms with van der Waals surface area (Å²) in [7, 11) is -4.76. The Balaban J connectivity index is 3.82. The van der Waals surface area contributed by atoms with Crippen molar-refractivity contribution in [2.24, 2.45) is 0 Å². The summed E-state index contributed by atoms with van der Waals surface area (Å²) in [5.74, 6) is -2.36. The molecule has 0 aromatic rings. The van der Waals surface area contributed by atoms with Crippen LogP contribution in [-0.4, -0.2) is 64.9 Å². The topological polar surface area (TPSA) is 169 Å². The van der Waals surface area contributed by atoms with E-state index in [2.05, 4.69) is 31.3 Å². The third-order valence-electron chi connectivity index (χ3n) is 11.1. The number of aliphatic carboxylic acids is 1. The van der Waals surface area contributed by atoms with Gasteiger partial charge in [-0.25, -0.2) is 9.36 Å². The Kier molecular flexibility index (Phi) is 42.6. The largest absolute Gasteiger partial charge is 0.480 e. The molecular formula is C48H92NO10P. The highest BCUT2D eigenvalue weighted by atomic mass is 31.2. The van der Waals surface area contributed by atoms with Crippen molar-refractivity contribution in [1.29, 1.82) is 0 Å². The first kappa shape index (κ1) is 58.2. The third-order valence-corrected chi connectivity index (χ3v) is 12.0. The molecule has 4 N–H and O–H groups in total. The number of rotatable bonds is 47. The number of allylic oxidation sites excluding steroid dienone is 2. The summed E-state index contributed by atoms with van der Waals surface area (Å²) in [6.07, 6.45) is 45.1. The minimum Gasteiger partial charge on any atom is -0.480 e. The van der Waals surface area contributed by atoms with E-state index < -0.39 is 57.6 Å². The molecule has 0 aromatic carbocycles. The fourth-order valence-corrected chi connectivity index (χ4v) is 7.97. The highest BCUT2D eigenvalue weighted by Crippen LogP contribution is 2.43. The number of ether oxygens (including phenoxy) is 1. The van der Waals surface area contributed by atoms with E-state index in [1.165, 1.54) is 161 Å². The van der Waals surface area contributed by atoms with Gasteiger partial charge in [0.05, 0.1) is 13.2 Å². The molecule has 11 nitrogen and oxygen atoms in total. The number of carbonyl (C=O) groups excluding carboxylic acids is 2. The van der Waals surface area contributed by atoms with Crippen LogP contribution in [-0.2, 0) is 32.7 Å². The Bertz CT molecular complexity index is 1070. The van der Waals surface area contributed by atoms with E-state index in [-0.39, 0.29) is 12.8 Å². The summed E-state index contributed by atoms with van der Waals surface area (Å²) >= 11 is 0. The second kappa shape index (κ2) is 43.9. The van der Waals surface area contributed by atoms with Crippen molar-refractivity contribution >= 4 is 25.7 Å². The normalized spacial score (nSPS) is 13.7. The molecule has 0 saturated carbocycles. The number of phosphoric acid groups is 1. The van der Waals surface area contributed by atoms with E-state index in [0.717, 1.165) is 44.9 Å². The molecule has 0 bridgehead atoms. The predicted molar refractivity (Wildman–Crippen MR) is 245 cm³/mol. The van der Waals surface area contributed by atoms with Crippen LogP contribution in [0.25, 0.3) is 0 Å². The van der Waals surface area contributed by atoms with Crippen LogP contribution in [0.5, 0.6) is 0 Å². The Morgan fingerprint density at radius 1 is 0.517 bits per heavy atom. The number of aliphatic hydroxyl groups is 1. The minimum absolute atomic E-state index is 0.151. The van der Waals surface area contributed by atoms with Gasteiger partial charge in [0.15, 0.2) is 6.04 Å². The smallest absolute Gasteiger partial charge is 0.472 e. The Hall–Kier alpha value is -1.78. The maximum Gasteiger partial charge on any atom is 0.472 e.